The second kappa shape index (κ2) is 13.7. The first kappa shape index (κ1) is 33.8. The van der Waals surface area contributed by atoms with Gasteiger partial charge in [-0.15, -0.1) is 22.7 Å². The summed E-state index contributed by atoms with van der Waals surface area (Å²) >= 11 is 3.50. The van der Waals surface area contributed by atoms with Crippen LogP contribution in [0.15, 0.2) is 188 Å². The van der Waals surface area contributed by atoms with Gasteiger partial charge in [0, 0.05) is 58.9 Å². The van der Waals surface area contributed by atoms with Crippen LogP contribution in [0.1, 0.15) is 0 Å². The lowest BCUT2D eigenvalue weighted by Crippen LogP contribution is -2.00. The Labute approximate surface area is 347 Å². The van der Waals surface area contributed by atoms with Crippen LogP contribution in [0.25, 0.3) is 114 Å². The van der Waals surface area contributed by atoms with Gasteiger partial charge in [0.25, 0.3) is 0 Å². The molecule has 0 saturated heterocycles. The maximum Gasteiger partial charge on any atom is 0.164 e. The smallest absolute Gasteiger partial charge is 0.164 e. The van der Waals surface area contributed by atoms with E-state index >= 15 is 0 Å². The highest BCUT2D eigenvalue weighted by Crippen LogP contribution is 2.43. The second-order valence-electron chi connectivity index (χ2n) is 14.7. The number of fused-ring (bicyclic) bond motifs is 7. The number of rotatable bonds is 6. The molecular formula is C52H31N5S2. The van der Waals surface area contributed by atoms with Gasteiger partial charge in [-0.1, -0.05) is 121 Å². The molecule has 0 saturated carbocycles. The molecule has 0 atom stereocenters. The summed E-state index contributed by atoms with van der Waals surface area (Å²) in [6, 6.07) is 66.3. The minimum Gasteiger partial charge on any atom is -0.309 e. The van der Waals surface area contributed by atoms with Crippen molar-refractivity contribution >= 4 is 74.9 Å². The van der Waals surface area contributed by atoms with Gasteiger partial charge < -0.3 is 4.57 Å². The normalized spacial score (nSPS) is 11.7. The SMILES string of the molecule is c1ccc(-c2nc(-c3cccc(-c4nc5ccccc5s4)c3)nc(-c3cccc4sc5ccc(-c6ccc7c(c6)c6ccccc6n7-c6ccccc6)cc5c34)n2)cc1. The van der Waals surface area contributed by atoms with Crippen molar-refractivity contribution in [3.8, 4) is 61.5 Å². The van der Waals surface area contributed by atoms with Crippen molar-refractivity contribution in [1.82, 2.24) is 24.5 Å². The topological polar surface area (TPSA) is 56.5 Å². The maximum absolute atomic E-state index is 5.25. The van der Waals surface area contributed by atoms with Gasteiger partial charge in [-0.05, 0) is 77.9 Å². The summed E-state index contributed by atoms with van der Waals surface area (Å²) in [5, 5.41) is 5.78. The van der Waals surface area contributed by atoms with E-state index in [2.05, 4.69) is 168 Å². The van der Waals surface area contributed by atoms with Crippen molar-refractivity contribution < 1.29 is 0 Å². The van der Waals surface area contributed by atoms with E-state index in [9.17, 15) is 0 Å². The highest BCUT2D eigenvalue weighted by molar-refractivity contribution is 7.26. The van der Waals surface area contributed by atoms with Gasteiger partial charge in [-0.3, -0.25) is 0 Å². The monoisotopic (exact) mass is 789 g/mol. The zero-order valence-corrected chi connectivity index (χ0v) is 33.1. The average molecular weight is 790 g/mol. The van der Waals surface area contributed by atoms with Gasteiger partial charge in [-0.25, -0.2) is 19.9 Å². The molecule has 0 N–H and O–H groups in total. The lowest BCUT2D eigenvalue weighted by atomic mass is 9.99. The van der Waals surface area contributed by atoms with E-state index in [-0.39, 0.29) is 0 Å². The highest BCUT2D eigenvalue weighted by Gasteiger charge is 2.19. The van der Waals surface area contributed by atoms with E-state index in [1.54, 1.807) is 22.7 Å². The third-order valence-electron chi connectivity index (χ3n) is 11.1. The molecule has 12 rings (SSSR count). The zero-order chi connectivity index (χ0) is 38.9. The Bertz CT molecular complexity index is 3530. The summed E-state index contributed by atoms with van der Waals surface area (Å²) in [6.45, 7) is 0. The van der Waals surface area contributed by atoms with E-state index in [0.29, 0.717) is 17.5 Å². The van der Waals surface area contributed by atoms with Crippen LogP contribution < -0.4 is 0 Å². The summed E-state index contributed by atoms with van der Waals surface area (Å²) in [6.07, 6.45) is 0. The van der Waals surface area contributed by atoms with Crippen LogP contribution in [-0.4, -0.2) is 24.5 Å². The van der Waals surface area contributed by atoms with E-state index in [0.717, 1.165) is 48.6 Å². The van der Waals surface area contributed by atoms with Crippen LogP contribution in [0, 0.1) is 0 Å². The molecule has 276 valence electrons. The lowest BCUT2D eigenvalue weighted by molar-refractivity contribution is 1.08. The predicted molar refractivity (Wildman–Crippen MR) is 247 cm³/mol. The Balaban J connectivity index is 1.02. The first-order valence-corrected chi connectivity index (χ1v) is 21.2. The summed E-state index contributed by atoms with van der Waals surface area (Å²) in [5.41, 5.74) is 10.8. The molecule has 0 aliphatic heterocycles. The van der Waals surface area contributed by atoms with Crippen LogP contribution >= 0.6 is 22.7 Å². The third-order valence-corrected chi connectivity index (χ3v) is 13.3. The standard InChI is InChI=1S/C52H31N5S2/c1-3-13-32(14-4-1)49-54-50(35-15-11-16-36(29-35)52-53-42-21-8-10-23-46(42)59-52)56-51(55-49)39-20-12-24-47-48(39)41-31-34(26-28-45(41)58-47)33-25-27-44-40(30-33)38-19-7-9-22-43(38)57(44)37-17-5-2-6-18-37/h1-31H. The van der Waals surface area contributed by atoms with Crippen LogP contribution in [-0.2, 0) is 0 Å². The van der Waals surface area contributed by atoms with Gasteiger partial charge in [0.05, 0.1) is 21.3 Å². The summed E-state index contributed by atoms with van der Waals surface area (Å²) in [7, 11) is 0. The average Bonchev–Trinajstić information content (AvgIpc) is 4.01. The molecule has 0 fully saturated rings. The fraction of sp³-hybridized carbons (Fsp3) is 0. The van der Waals surface area contributed by atoms with Crippen molar-refractivity contribution in [1.29, 1.82) is 0 Å². The zero-order valence-electron chi connectivity index (χ0n) is 31.5. The van der Waals surface area contributed by atoms with Crippen molar-refractivity contribution in [3.63, 3.8) is 0 Å². The summed E-state index contributed by atoms with van der Waals surface area (Å²) < 4.78 is 5.94. The first-order chi connectivity index (χ1) is 29.2. The molecular weight excluding hydrogens is 759 g/mol. The molecule has 0 radical (unpaired) electrons. The molecule has 0 amide bonds. The Kier molecular flexibility index (Phi) is 7.82. The van der Waals surface area contributed by atoms with E-state index in [4.69, 9.17) is 19.9 Å². The van der Waals surface area contributed by atoms with Crippen LogP contribution in [0.3, 0.4) is 0 Å². The molecule has 7 heteroatoms. The molecule has 59 heavy (non-hydrogen) atoms. The van der Waals surface area contributed by atoms with E-state index in [1.807, 2.05) is 24.3 Å². The maximum atomic E-state index is 5.25. The summed E-state index contributed by atoms with van der Waals surface area (Å²) in [4.78, 5) is 20.5. The number of thiazole rings is 1. The van der Waals surface area contributed by atoms with Crippen molar-refractivity contribution in [2.45, 2.75) is 0 Å². The molecule has 0 unspecified atom stereocenters. The second-order valence-corrected chi connectivity index (χ2v) is 16.8. The highest BCUT2D eigenvalue weighted by atomic mass is 32.1. The van der Waals surface area contributed by atoms with E-state index < -0.39 is 0 Å². The quantitative estimate of drug-likeness (QED) is 0.168. The molecule has 0 spiro atoms. The minimum absolute atomic E-state index is 0.622. The van der Waals surface area contributed by atoms with Crippen LogP contribution in [0.5, 0.6) is 0 Å². The number of nitrogens with zero attached hydrogens (tertiary/aromatic N) is 5. The number of benzene rings is 8. The molecule has 0 aliphatic rings. The van der Waals surface area contributed by atoms with E-state index in [1.165, 1.54) is 47.7 Å². The van der Waals surface area contributed by atoms with Crippen molar-refractivity contribution in [2.24, 2.45) is 0 Å². The largest absolute Gasteiger partial charge is 0.309 e. The molecule has 12 aromatic rings. The number of thiophene rings is 1. The summed E-state index contributed by atoms with van der Waals surface area (Å²) in [5.74, 6) is 1.90. The molecule has 4 heterocycles. The van der Waals surface area contributed by atoms with Gasteiger partial charge in [-0.2, -0.15) is 0 Å². The number of aromatic nitrogens is 5. The Morgan fingerprint density at radius 3 is 1.86 bits per heavy atom. The lowest BCUT2D eigenvalue weighted by Gasteiger charge is -2.10. The fourth-order valence-electron chi connectivity index (χ4n) is 8.33. The Morgan fingerprint density at radius 1 is 0.356 bits per heavy atom. The minimum atomic E-state index is 0.622. The number of hydrogen-bond acceptors (Lipinski definition) is 6. The molecule has 0 bridgehead atoms. The fourth-order valence-corrected chi connectivity index (χ4v) is 10.4. The molecule has 8 aromatic carbocycles. The Hall–Kier alpha value is -7.32. The van der Waals surface area contributed by atoms with Gasteiger partial charge in [0.1, 0.15) is 5.01 Å². The van der Waals surface area contributed by atoms with Crippen molar-refractivity contribution in [3.05, 3.63) is 188 Å². The van der Waals surface area contributed by atoms with Crippen LogP contribution in [0.4, 0.5) is 0 Å². The van der Waals surface area contributed by atoms with Gasteiger partial charge >= 0.3 is 0 Å². The third kappa shape index (κ3) is 5.74. The predicted octanol–water partition coefficient (Wildman–Crippen LogP) is 14.3. The molecule has 0 aliphatic carbocycles. The Morgan fingerprint density at radius 2 is 1.00 bits per heavy atom. The van der Waals surface area contributed by atoms with Gasteiger partial charge in [0.2, 0.25) is 0 Å². The number of hydrogen-bond donors (Lipinski definition) is 0. The van der Waals surface area contributed by atoms with Crippen LogP contribution in [0.2, 0.25) is 0 Å². The molecule has 5 nitrogen and oxygen atoms in total. The number of para-hydroxylation sites is 3. The van der Waals surface area contributed by atoms with Crippen molar-refractivity contribution in [2.75, 3.05) is 0 Å². The van der Waals surface area contributed by atoms with Gasteiger partial charge in [0.15, 0.2) is 17.5 Å². The molecule has 4 aromatic heterocycles. The first-order valence-electron chi connectivity index (χ1n) is 19.5.